The Bertz CT molecular complexity index is 1560. The van der Waals surface area contributed by atoms with Crippen LogP contribution in [0.2, 0.25) is 0 Å². The van der Waals surface area contributed by atoms with Crippen LogP contribution in [0.3, 0.4) is 0 Å². The van der Waals surface area contributed by atoms with Crippen LogP contribution in [0.25, 0.3) is 10.2 Å². The summed E-state index contributed by atoms with van der Waals surface area (Å²) >= 11 is 8.07. The van der Waals surface area contributed by atoms with Crippen molar-refractivity contribution in [3.8, 4) is 0 Å². The number of aromatic nitrogens is 2. The molecule has 0 aliphatic heterocycles. The Hall–Kier alpha value is -3.05. The first-order valence-corrected chi connectivity index (χ1v) is 14.1. The van der Waals surface area contributed by atoms with Crippen LogP contribution >= 0.6 is 50.8 Å². The first-order chi connectivity index (χ1) is 17.5. The predicted molar refractivity (Wildman–Crippen MR) is 152 cm³/mol. The Morgan fingerprint density at radius 2 is 1.92 bits per heavy atom. The molecule has 36 heavy (non-hydrogen) atoms. The molecule has 0 unspecified atom stereocenters. The molecule has 0 spiro atoms. The van der Waals surface area contributed by atoms with Crippen molar-refractivity contribution in [2.45, 2.75) is 20.0 Å². The maximum Gasteiger partial charge on any atom is 0.283 e. The van der Waals surface area contributed by atoms with Gasteiger partial charge in [-0.15, -0.1) is 11.3 Å². The average molecular weight is 594 g/mol. The molecule has 5 aromatic rings. The van der Waals surface area contributed by atoms with Gasteiger partial charge in [-0.25, -0.2) is 9.97 Å². The van der Waals surface area contributed by atoms with Crippen molar-refractivity contribution in [2.75, 3.05) is 0 Å². The lowest BCUT2D eigenvalue weighted by molar-refractivity contribution is -0.387. The number of thioether (sulfide) groups is 1. The van der Waals surface area contributed by atoms with Crippen molar-refractivity contribution in [1.82, 2.24) is 9.97 Å². The lowest BCUT2D eigenvalue weighted by Gasteiger charge is -2.03. The lowest BCUT2D eigenvalue weighted by Crippen LogP contribution is -1.93. The Labute approximate surface area is 228 Å². The Morgan fingerprint density at radius 3 is 2.69 bits per heavy atom. The quantitative estimate of drug-likeness (QED) is 0.0776. The Kier molecular flexibility index (Phi) is 7.76. The average Bonchev–Trinajstić information content (AvgIpc) is 3.30. The summed E-state index contributed by atoms with van der Waals surface area (Å²) in [6, 6.07) is 24.7. The van der Waals surface area contributed by atoms with Gasteiger partial charge in [0.05, 0.1) is 25.7 Å². The van der Waals surface area contributed by atoms with Crippen LogP contribution < -0.4 is 0 Å². The van der Waals surface area contributed by atoms with Gasteiger partial charge in [0, 0.05) is 28.7 Å². The summed E-state index contributed by atoms with van der Waals surface area (Å²) in [5.41, 5.74) is 3.63. The van der Waals surface area contributed by atoms with Crippen molar-refractivity contribution >= 4 is 78.6 Å². The van der Waals surface area contributed by atoms with Gasteiger partial charge < -0.3 is 0 Å². The van der Waals surface area contributed by atoms with E-state index in [9.17, 15) is 10.1 Å². The van der Waals surface area contributed by atoms with E-state index in [-0.39, 0.29) is 10.6 Å². The van der Waals surface area contributed by atoms with Crippen LogP contribution in [0, 0.1) is 10.1 Å². The second-order valence-electron chi connectivity index (χ2n) is 7.56. The topological polar surface area (TPSA) is 81.3 Å². The number of halogens is 1. The molecule has 0 amide bonds. The lowest BCUT2D eigenvalue weighted by atomic mass is 10.2. The zero-order valence-corrected chi connectivity index (χ0v) is 22.6. The van der Waals surface area contributed by atoms with Gasteiger partial charge >= 0.3 is 0 Å². The van der Waals surface area contributed by atoms with Gasteiger partial charge in [0.2, 0.25) is 0 Å². The molecule has 10 heteroatoms. The summed E-state index contributed by atoms with van der Waals surface area (Å²) in [7, 11) is 0. The second kappa shape index (κ2) is 11.3. The fraction of sp³-hybridized carbons (Fsp3) is 0.0385. The van der Waals surface area contributed by atoms with Crippen LogP contribution in [0.5, 0.6) is 0 Å². The highest BCUT2D eigenvalue weighted by molar-refractivity contribution is 9.10. The minimum atomic E-state index is -0.376. The highest BCUT2D eigenvalue weighted by Gasteiger charge is 2.16. The molecule has 0 radical (unpaired) electrons. The van der Waals surface area contributed by atoms with Crippen molar-refractivity contribution in [1.29, 1.82) is 0 Å². The predicted octanol–water partition coefficient (Wildman–Crippen LogP) is 8.56. The van der Waals surface area contributed by atoms with Crippen molar-refractivity contribution in [2.24, 2.45) is 4.99 Å². The van der Waals surface area contributed by atoms with E-state index in [0.717, 1.165) is 30.5 Å². The number of thiazole rings is 1. The molecule has 0 fully saturated rings. The van der Waals surface area contributed by atoms with Gasteiger partial charge in [-0.2, -0.15) is 0 Å². The number of pyridine rings is 1. The zero-order valence-electron chi connectivity index (χ0n) is 18.6. The maximum absolute atomic E-state index is 11.7. The fourth-order valence-electron chi connectivity index (χ4n) is 3.27. The van der Waals surface area contributed by atoms with E-state index in [0.29, 0.717) is 15.5 Å². The van der Waals surface area contributed by atoms with E-state index in [1.165, 1.54) is 23.4 Å². The maximum atomic E-state index is 11.7. The van der Waals surface area contributed by atoms with Gasteiger partial charge in [-0.1, -0.05) is 63.7 Å². The fourth-order valence-corrected chi connectivity index (χ4v) is 6.45. The second-order valence-corrected chi connectivity index (χ2v) is 11.8. The van der Waals surface area contributed by atoms with Crippen molar-refractivity contribution in [3.63, 3.8) is 0 Å². The first-order valence-electron chi connectivity index (χ1n) is 10.7. The summed E-state index contributed by atoms with van der Waals surface area (Å²) in [6.07, 6.45) is 3.31. The van der Waals surface area contributed by atoms with Crippen molar-refractivity contribution < 1.29 is 4.92 Å². The molecule has 3 aromatic carbocycles. The number of rotatable bonds is 8. The number of hydrogen-bond acceptors (Lipinski definition) is 8. The van der Waals surface area contributed by atoms with Gasteiger partial charge in [0.1, 0.15) is 5.03 Å². The number of aliphatic imine (C=N–C) groups is 1. The third-order valence-electron chi connectivity index (χ3n) is 5.02. The van der Waals surface area contributed by atoms with Gasteiger partial charge in [-0.05, 0) is 59.7 Å². The molecule has 0 aliphatic rings. The van der Waals surface area contributed by atoms with E-state index in [4.69, 9.17) is 4.98 Å². The summed E-state index contributed by atoms with van der Waals surface area (Å²) in [5.74, 6) is 0.853. The molecule has 0 saturated carbocycles. The molecular formula is C26H17BrN4O2S3. The van der Waals surface area contributed by atoms with E-state index in [1.807, 2.05) is 54.6 Å². The number of nitro benzene ring substituents is 1. The highest BCUT2D eigenvalue weighted by Crippen LogP contribution is 2.35. The third kappa shape index (κ3) is 6.19. The standard InChI is InChI=1S/C26H17BrN4O2S3/c27-19-7-4-17(5-8-19)16-34-26-30-21-10-9-20(14-24(21)36-26)29-15-18-6-11-23(22(13-18)31(32)33)35-25-3-1-2-12-28-25/h1-15H,16H2. The number of hydrogen-bond donors (Lipinski definition) is 0. The number of fused-ring (bicyclic) bond motifs is 1. The first kappa shape index (κ1) is 24.6. The Morgan fingerprint density at radius 1 is 1.06 bits per heavy atom. The molecule has 0 aliphatic carbocycles. The van der Waals surface area contributed by atoms with E-state index in [1.54, 1.807) is 41.6 Å². The monoisotopic (exact) mass is 592 g/mol. The van der Waals surface area contributed by atoms with E-state index in [2.05, 4.69) is 38.0 Å². The number of nitrogens with zero attached hydrogens (tertiary/aromatic N) is 4. The van der Waals surface area contributed by atoms with Gasteiger partial charge in [0.15, 0.2) is 4.34 Å². The van der Waals surface area contributed by atoms with Crippen LogP contribution in [0.4, 0.5) is 11.4 Å². The molecule has 0 saturated heterocycles. The summed E-state index contributed by atoms with van der Waals surface area (Å²) < 4.78 is 3.12. The van der Waals surface area contributed by atoms with Gasteiger partial charge in [-0.3, -0.25) is 15.1 Å². The molecule has 2 aromatic heterocycles. The molecule has 178 valence electrons. The number of nitro groups is 1. The van der Waals surface area contributed by atoms with Crippen molar-refractivity contribution in [3.05, 3.63) is 111 Å². The molecular weight excluding hydrogens is 576 g/mol. The molecule has 6 nitrogen and oxygen atoms in total. The minimum absolute atomic E-state index is 0.0277. The van der Waals surface area contributed by atoms with Crippen LogP contribution in [-0.4, -0.2) is 21.1 Å². The van der Waals surface area contributed by atoms with Crippen LogP contribution in [0.1, 0.15) is 11.1 Å². The summed E-state index contributed by atoms with van der Waals surface area (Å²) in [4.78, 5) is 25.3. The SMILES string of the molecule is O=[N+]([O-])c1cc(C=Nc2ccc3nc(SCc4ccc(Br)cc4)sc3c2)ccc1Sc1ccccn1. The zero-order chi connectivity index (χ0) is 24.9. The largest absolute Gasteiger partial charge is 0.283 e. The van der Waals surface area contributed by atoms with Crippen LogP contribution in [-0.2, 0) is 5.75 Å². The molecule has 2 heterocycles. The molecule has 0 atom stereocenters. The highest BCUT2D eigenvalue weighted by atomic mass is 79.9. The Balaban J connectivity index is 1.30. The molecule has 0 N–H and O–H groups in total. The summed E-state index contributed by atoms with van der Waals surface area (Å²) in [5, 5.41) is 12.4. The third-order valence-corrected chi connectivity index (χ3v) is 8.80. The van der Waals surface area contributed by atoms with Crippen LogP contribution in [0.15, 0.2) is 109 Å². The van der Waals surface area contributed by atoms with E-state index < -0.39 is 0 Å². The van der Waals surface area contributed by atoms with E-state index >= 15 is 0 Å². The molecule has 5 rings (SSSR count). The summed E-state index contributed by atoms with van der Waals surface area (Å²) in [6.45, 7) is 0. The van der Waals surface area contributed by atoms with Gasteiger partial charge in [0.25, 0.3) is 5.69 Å². The number of benzene rings is 3. The smallest absolute Gasteiger partial charge is 0.258 e. The minimum Gasteiger partial charge on any atom is -0.258 e. The molecule has 0 bridgehead atoms. The normalized spacial score (nSPS) is 11.4.